The molecule has 4 rings (SSSR count). The van der Waals surface area contributed by atoms with E-state index in [1.54, 1.807) is 45.4 Å². The van der Waals surface area contributed by atoms with Gasteiger partial charge in [-0.1, -0.05) is 17.9 Å². The maximum Gasteiger partial charge on any atom is 0.232 e. The van der Waals surface area contributed by atoms with Gasteiger partial charge in [0.05, 0.1) is 32.9 Å². The number of ether oxygens (including phenoxy) is 3. The molecule has 2 heterocycles. The molecule has 0 radical (unpaired) electrons. The second-order valence-corrected chi connectivity index (χ2v) is 8.16. The first-order valence-electron chi connectivity index (χ1n) is 10.4. The summed E-state index contributed by atoms with van der Waals surface area (Å²) < 4.78 is 16.6. The van der Waals surface area contributed by atoms with Gasteiger partial charge in [-0.3, -0.25) is 9.69 Å². The number of fused-ring (bicyclic) bond motifs is 1. The Bertz CT molecular complexity index is 1040. The minimum Gasteiger partial charge on any atom is -0.872 e. The van der Waals surface area contributed by atoms with Crippen LogP contribution in [0.1, 0.15) is 27.0 Å². The molecule has 0 aromatic heterocycles. The van der Waals surface area contributed by atoms with Gasteiger partial charge in [-0.05, 0) is 43.3 Å². The monoisotopic (exact) mass is 424 g/mol. The van der Waals surface area contributed by atoms with E-state index in [0.717, 1.165) is 31.7 Å². The van der Waals surface area contributed by atoms with Gasteiger partial charge in [0.1, 0.15) is 12.3 Å². The molecule has 7 heteroatoms. The molecule has 0 amide bonds. The molecule has 7 nitrogen and oxygen atoms in total. The Morgan fingerprint density at radius 1 is 1.16 bits per heavy atom. The van der Waals surface area contributed by atoms with E-state index in [9.17, 15) is 9.90 Å². The third kappa shape index (κ3) is 4.11. The number of nitrogens with zero attached hydrogens (tertiary/aromatic N) is 1. The van der Waals surface area contributed by atoms with Crippen LogP contribution in [0.3, 0.4) is 0 Å². The fourth-order valence-corrected chi connectivity index (χ4v) is 4.19. The van der Waals surface area contributed by atoms with E-state index in [1.165, 1.54) is 4.90 Å². The molecule has 0 bridgehead atoms. The molecule has 0 aliphatic carbocycles. The van der Waals surface area contributed by atoms with Crippen LogP contribution in [0.15, 0.2) is 30.0 Å². The highest BCUT2D eigenvalue weighted by atomic mass is 16.5. The topological polar surface area (TPSA) is 75.5 Å². The predicted octanol–water partition coefficient (Wildman–Crippen LogP) is 1.03. The highest BCUT2D eigenvalue weighted by Crippen LogP contribution is 2.41. The molecule has 2 aromatic carbocycles. The van der Waals surface area contributed by atoms with Crippen LogP contribution >= 0.6 is 0 Å². The lowest BCUT2D eigenvalue weighted by Gasteiger charge is -2.31. The summed E-state index contributed by atoms with van der Waals surface area (Å²) in [7, 11) is 5.24. The van der Waals surface area contributed by atoms with Gasteiger partial charge in [-0.15, -0.1) is 0 Å². The van der Waals surface area contributed by atoms with E-state index < -0.39 is 0 Å². The van der Waals surface area contributed by atoms with E-state index in [4.69, 9.17) is 14.2 Å². The van der Waals surface area contributed by atoms with Crippen LogP contribution in [0, 0.1) is 6.92 Å². The SMILES string of the molecule is COc1ccc(/C=C2\Oc3c(C[NH+]4CCN(C)CC4)c([O-])cc(C)c3C2=O)cc1OC. The molecule has 2 aliphatic rings. The molecule has 2 aliphatic heterocycles. The smallest absolute Gasteiger partial charge is 0.232 e. The second kappa shape index (κ2) is 8.61. The van der Waals surface area contributed by atoms with Crippen molar-refractivity contribution in [2.75, 3.05) is 47.4 Å². The molecule has 1 N–H and O–H groups in total. The van der Waals surface area contributed by atoms with Crippen molar-refractivity contribution in [2.45, 2.75) is 13.5 Å². The van der Waals surface area contributed by atoms with E-state index >= 15 is 0 Å². The second-order valence-electron chi connectivity index (χ2n) is 8.16. The molecule has 164 valence electrons. The maximum atomic E-state index is 13.1. The summed E-state index contributed by atoms with van der Waals surface area (Å²) in [6.45, 7) is 6.24. The summed E-state index contributed by atoms with van der Waals surface area (Å²) in [6, 6.07) is 6.95. The van der Waals surface area contributed by atoms with Crippen molar-refractivity contribution >= 4 is 11.9 Å². The van der Waals surface area contributed by atoms with Gasteiger partial charge in [-0.2, -0.15) is 0 Å². The van der Waals surface area contributed by atoms with Gasteiger partial charge in [0.25, 0.3) is 0 Å². The number of allylic oxidation sites excluding steroid dienone is 1. The standard InChI is InChI=1S/C24H28N2O5/c1-15-11-18(27)17(14-26-9-7-25(2)8-10-26)24-22(15)23(28)21(31-24)13-16-5-6-19(29-3)20(12-16)30-4/h5-6,11-13,27H,7-10,14H2,1-4H3/b21-13-. The normalized spacial score (nSPS) is 18.2. The summed E-state index contributed by atoms with van der Waals surface area (Å²) in [4.78, 5) is 16.7. The van der Waals surface area contributed by atoms with E-state index in [0.29, 0.717) is 40.5 Å². The summed E-state index contributed by atoms with van der Waals surface area (Å²) in [5.41, 5.74) is 2.48. The molecule has 31 heavy (non-hydrogen) atoms. The Balaban J connectivity index is 1.66. The largest absolute Gasteiger partial charge is 0.872 e. The fourth-order valence-electron chi connectivity index (χ4n) is 4.19. The van der Waals surface area contributed by atoms with Gasteiger partial charge >= 0.3 is 0 Å². The number of quaternary nitrogens is 1. The number of Topliss-reactive ketones (excluding diaryl/α,β-unsaturated/α-hetero) is 1. The Labute approximate surface area is 182 Å². The van der Waals surface area contributed by atoms with Crippen LogP contribution in [-0.2, 0) is 6.54 Å². The zero-order chi connectivity index (χ0) is 22.1. The first-order chi connectivity index (χ1) is 14.9. The Kier molecular flexibility index (Phi) is 5.89. The number of carbonyl (C=O) groups excluding carboxylic acids is 1. The first kappa shape index (κ1) is 21.2. The minimum absolute atomic E-state index is 0.0668. The molecule has 0 saturated carbocycles. The first-order valence-corrected chi connectivity index (χ1v) is 10.4. The quantitative estimate of drug-likeness (QED) is 0.723. The van der Waals surface area contributed by atoms with E-state index in [2.05, 4.69) is 11.9 Å². The van der Waals surface area contributed by atoms with Crippen molar-refractivity contribution in [3.63, 3.8) is 0 Å². The highest BCUT2D eigenvalue weighted by Gasteiger charge is 2.33. The molecule has 0 atom stereocenters. The van der Waals surface area contributed by atoms with Crippen LogP contribution in [0.5, 0.6) is 23.0 Å². The lowest BCUT2D eigenvalue weighted by atomic mass is 9.99. The molecule has 2 aromatic rings. The summed E-state index contributed by atoms with van der Waals surface area (Å²) in [5.74, 6) is 1.55. The Hall–Kier alpha value is -3.03. The van der Waals surface area contributed by atoms with Crippen LogP contribution in [0.4, 0.5) is 0 Å². The number of methoxy groups -OCH3 is 2. The number of benzene rings is 2. The lowest BCUT2D eigenvalue weighted by Crippen LogP contribution is -3.13. The number of rotatable bonds is 5. The van der Waals surface area contributed by atoms with Crippen LogP contribution < -0.4 is 24.2 Å². The molecule has 0 unspecified atom stereocenters. The number of nitrogens with one attached hydrogen (secondary N) is 1. The van der Waals surface area contributed by atoms with Crippen molar-refractivity contribution in [2.24, 2.45) is 0 Å². The predicted molar refractivity (Wildman–Crippen MR) is 115 cm³/mol. The van der Waals surface area contributed by atoms with Gasteiger partial charge in [0.2, 0.25) is 5.78 Å². The fraction of sp³-hybridized carbons (Fsp3) is 0.375. The van der Waals surface area contributed by atoms with Crippen molar-refractivity contribution in [1.82, 2.24) is 4.90 Å². The highest BCUT2D eigenvalue weighted by molar-refractivity contribution is 6.15. The number of piperazine rings is 1. The van der Waals surface area contributed by atoms with Gasteiger partial charge in [0, 0.05) is 18.7 Å². The summed E-state index contributed by atoms with van der Waals surface area (Å²) in [5, 5.41) is 12.8. The number of ketones is 1. The number of likely N-dealkylation sites (N-methyl/N-ethyl adjacent to an activating group) is 1. The van der Waals surface area contributed by atoms with Gasteiger partial charge in [0.15, 0.2) is 17.3 Å². The van der Waals surface area contributed by atoms with Crippen molar-refractivity contribution in [1.29, 1.82) is 0 Å². The number of carbonyl (C=O) groups is 1. The number of hydrogen-bond acceptors (Lipinski definition) is 6. The number of aryl methyl sites for hydroxylation is 1. The molecule has 0 spiro atoms. The van der Waals surface area contributed by atoms with E-state index in [1.807, 2.05) is 6.07 Å². The summed E-state index contributed by atoms with van der Waals surface area (Å²) >= 11 is 0. The molecular weight excluding hydrogens is 396 g/mol. The van der Waals surface area contributed by atoms with Gasteiger partial charge in [-0.25, -0.2) is 0 Å². The Morgan fingerprint density at radius 2 is 1.87 bits per heavy atom. The summed E-state index contributed by atoms with van der Waals surface area (Å²) in [6.07, 6.45) is 1.68. The zero-order valence-electron chi connectivity index (χ0n) is 18.4. The minimum atomic E-state index is -0.197. The number of hydrogen-bond donors (Lipinski definition) is 1. The van der Waals surface area contributed by atoms with E-state index in [-0.39, 0.29) is 17.3 Å². The average Bonchev–Trinajstić information content (AvgIpc) is 3.08. The molecule has 1 saturated heterocycles. The lowest BCUT2D eigenvalue weighted by molar-refractivity contribution is -0.918. The molecule has 1 fully saturated rings. The Morgan fingerprint density at radius 3 is 2.55 bits per heavy atom. The maximum absolute atomic E-state index is 13.1. The van der Waals surface area contributed by atoms with Crippen LogP contribution in [0.25, 0.3) is 6.08 Å². The third-order valence-electron chi connectivity index (χ3n) is 6.03. The van der Waals surface area contributed by atoms with Crippen LogP contribution in [0.2, 0.25) is 0 Å². The van der Waals surface area contributed by atoms with Crippen molar-refractivity contribution in [3.05, 3.63) is 52.3 Å². The molecular formula is C24H28N2O5. The average molecular weight is 424 g/mol. The zero-order valence-corrected chi connectivity index (χ0v) is 18.4. The van der Waals surface area contributed by atoms with Crippen LogP contribution in [-0.4, -0.2) is 58.1 Å². The van der Waals surface area contributed by atoms with Crippen molar-refractivity contribution in [3.8, 4) is 23.0 Å². The third-order valence-corrected chi connectivity index (χ3v) is 6.03. The van der Waals surface area contributed by atoms with Gasteiger partial charge < -0.3 is 24.2 Å². The van der Waals surface area contributed by atoms with Crippen molar-refractivity contribution < 1.29 is 29.0 Å².